The van der Waals surface area contributed by atoms with Crippen LogP contribution >= 0.6 is 0 Å². The fourth-order valence-electron chi connectivity index (χ4n) is 0.134. The largest absolute Gasteiger partial charge is 0.378 e. The Labute approximate surface area is 65.7 Å². The van der Waals surface area contributed by atoms with Crippen LogP contribution in [0.25, 0.3) is 0 Å². The molecule has 0 rings (SSSR count). The van der Waals surface area contributed by atoms with Crippen molar-refractivity contribution in [1.82, 2.24) is 0 Å². The molecule has 0 atom stereocenters. The van der Waals surface area contributed by atoms with Crippen LogP contribution in [-0.4, -0.2) is 11.9 Å². The van der Waals surface area contributed by atoms with E-state index in [0.29, 0.717) is 0 Å². The molecule has 0 aliphatic rings. The van der Waals surface area contributed by atoms with Crippen molar-refractivity contribution in [3.8, 4) is 0 Å². The average molecular weight is 160 g/mol. The van der Waals surface area contributed by atoms with Gasteiger partial charge in [0.2, 0.25) is 0 Å². The van der Waals surface area contributed by atoms with Crippen LogP contribution in [0.15, 0.2) is 12.7 Å². The normalized spacial score (nSPS) is 6.82. The Morgan fingerprint density at radius 1 is 1.27 bits per heavy atom. The molecule has 0 saturated heterocycles. The molecule has 0 aromatic rings. The van der Waals surface area contributed by atoms with Gasteiger partial charge in [0.15, 0.2) is 0 Å². The SMILES string of the molecule is C=CC(=O)OOC(C)=O.CC. The van der Waals surface area contributed by atoms with Crippen LogP contribution in [0.2, 0.25) is 0 Å². The van der Waals surface area contributed by atoms with E-state index < -0.39 is 11.9 Å². The van der Waals surface area contributed by atoms with Crippen molar-refractivity contribution in [1.29, 1.82) is 0 Å². The third-order valence-corrected chi connectivity index (χ3v) is 0.408. The van der Waals surface area contributed by atoms with Crippen molar-refractivity contribution >= 4 is 11.9 Å². The monoisotopic (exact) mass is 160 g/mol. The van der Waals surface area contributed by atoms with Crippen LogP contribution in [0.4, 0.5) is 0 Å². The Bertz CT molecular complexity index is 139. The third-order valence-electron chi connectivity index (χ3n) is 0.408. The van der Waals surface area contributed by atoms with Crippen molar-refractivity contribution in [2.75, 3.05) is 0 Å². The maximum absolute atomic E-state index is 10.1. The number of hydrogen-bond acceptors (Lipinski definition) is 4. The van der Waals surface area contributed by atoms with E-state index in [1.807, 2.05) is 13.8 Å². The van der Waals surface area contributed by atoms with Gasteiger partial charge >= 0.3 is 11.9 Å². The maximum atomic E-state index is 10.1. The van der Waals surface area contributed by atoms with Crippen molar-refractivity contribution < 1.29 is 19.4 Å². The standard InChI is InChI=1S/C5H6O4.C2H6/c1-3-5(7)9-8-4(2)6;1-2/h3H,1H2,2H3;1-2H3. The number of rotatable bonds is 1. The van der Waals surface area contributed by atoms with Crippen LogP contribution in [0, 0.1) is 0 Å². The average Bonchev–Trinajstić information content (AvgIpc) is 2.04. The van der Waals surface area contributed by atoms with Gasteiger partial charge < -0.3 is 0 Å². The first-order valence-electron chi connectivity index (χ1n) is 3.18. The van der Waals surface area contributed by atoms with E-state index in [4.69, 9.17) is 0 Å². The lowest BCUT2D eigenvalue weighted by molar-refractivity contribution is -0.253. The molecule has 0 heterocycles. The van der Waals surface area contributed by atoms with Gasteiger partial charge in [0.25, 0.3) is 0 Å². The Balaban J connectivity index is 0. The Morgan fingerprint density at radius 2 is 1.73 bits per heavy atom. The van der Waals surface area contributed by atoms with Gasteiger partial charge in [-0.3, -0.25) is 0 Å². The molecule has 0 N–H and O–H groups in total. The fraction of sp³-hybridized carbons (Fsp3) is 0.429. The highest BCUT2D eigenvalue weighted by Gasteiger charge is 1.97. The van der Waals surface area contributed by atoms with Crippen LogP contribution in [0.1, 0.15) is 20.8 Å². The zero-order valence-corrected chi connectivity index (χ0v) is 6.92. The summed E-state index contributed by atoms with van der Waals surface area (Å²) in [5.74, 6) is -1.46. The van der Waals surface area contributed by atoms with Crippen molar-refractivity contribution in [2.45, 2.75) is 20.8 Å². The molecule has 0 spiro atoms. The first-order valence-corrected chi connectivity index (χ1v) is 3.18. The Hall–Kier alpha value is -1.32. The fourth-order valence-corrected chi connectivity index (χ4v) is 0.134. The van der Waals surface area contributed by atoms with Gasteiger partial charge in [0.1, 0.15) is 0 Å². The Kier molecular flexibility index (Phi) is 9.76. The lowest BCUT2D eigenvalue weighted by atomic mass is 10.7. The number of carbonyl (C=O) groups excluding carboxylic acids is 2. The first-order chi connectivity index (χ1) is 5.16. The van der Waals surface area contributed by atoms with Gasteiger partial charge in [0.05, 0.1) is 0 Å². The second-order valence-corrected chi connectivity index (χ2v) is 1.18. The quantitative estimate of drug-likeness (QED) is 0.329. The Morgan fingerprint density at radius 3 is 2.00 bits per heavy atom. The van der Waals surface area contributed by atoms with Crippen molar-refractivity contribution in [3.05, 3.63) is 12.7 Å². The third kappa shape index (κ3) is 12.0. The molecule has 0 unspecified atom stereocenters. The molecule has 0 fully saturated rings. The summed E-state index contributed by atoms with van der Waals surface area (Å²) in [6, 6.07) is 0. The van der Waals surface area contributed by atoms with Gasteiger partial charge in [0, 0.05) is 13.0 Å². The highest BCUT2D eigenvalue weighted by molar-refractivity contribution is 5.81. The lowest BCUT2D eigenvalue weighted by Gasteiger charge is -1.93. The lowest BCUT2D eigenvalue weighted by Crippen LogP contribution is -2.05. The molecule has 4 heteroatoms. The maximum Gasteiger partial charge on any atom is 0.378 e. The van der Waals surface area contributed by atoms with Crippen LogP contribution in [0.5, 0.6) is 0 Å². The molecule has 0 aromatic heterocycles. The second kappa shape index (κ2) is 8.68. The van der Waals surface area contributed by atoms with Crippen molar-refractivity contribution in [2.24, 2.45) is 0 Å². The molecule has 4 nitrogen and oxygen atoms in total. The van der Waals surface area contributed by atoms with E-state index in [0.717, 1.165) is 13.0 Å². The summed E-state index contributed by atoms with van der Waals surface area (Å²) >= 11 is 0. The smallest absolute Gasteiger partial charge is 0.248 e. The minimum Gasteiger partial charge on any atom is -0.248 e. The molecule has 64 valence electrons. The van der Waals surface area contributed by atoms with E-state index >= 15 is 0 Å². The summed E-state index contributed by atoms with van der Waals surface area (Å²) < 4.78 is 0. The van der Waals surface area contributed by atoms with Gasteiger partial charge in [-0.1, -0.05) is 20.4 Å². The molecule has 11 heavy (non-hydrogen) atoms. The van der Waals surface area contributed by atoms with Gasteiger partial charge in [-0.25, -0.2) is 19.4 Å². The zero-order chi connectivity index (χ0) is 9.28. The van der Waals surface area contributed by atoms with E-state index in [2.05, 4.69) is 16.4 Å². The number of hydrogen-bond donors (Lipinski definition) is 0. The molecule has 0 bridgehead atoms. The second-order valence-electron chi connectivity index (χ2n) is 1.18. The highest BCUT2D eigenvalue weighted by atomic mass is 17.2. The number of carbonyl (C=O) groups is 2. The predicted octanol–water partition coefficient (Wildman–Crippen LogP) is 1.22. The van der Waals surface area contributed by atoms with Crippen LogP contribution in [-0.2, 0) is 19.4 Å². The molecule has 0 amide bonds. The molecular weight excluding hydrogens is 148 g/mol. The van der Waals surface area contributed by atoms with E-state index in [1.54, 1.807) is 0 Å². The summed E-state index contributed by atoms with van der Waals surface area (Å²) in [6.45, 7) is 8.19. The van der Waals surface area contributed by atoms with Gasteiger partial charge in [-0.05, 0) is 0 Å². The van der Waals surface area contributed by atoms with Crippen LogP contribution < -0.4 is 0 Å². The summed E-state index contributed by atoms with van der Waals surface area (Å²) in [6.07, 6.45) is 0.892. The van der Waals surface area contributed by atoms with E-state index in [-0.39, 0.29) is 0 Å². The van der Waals surface area contributed by atoms with Gasteiger partial charge in [-0.2, -0.15) is 0 Å². The van der Waals surface area contributed by atoms with Crippen molar-refractivity contribution in [3.63, 3.8) is 0 Å². The first kappa shape index (κ1) is 12.4. The minimum absolute atomic E-state index is 0.676. The summed E-state index contributed by atoms with van der Waals surface area (Å²) in [5, 5.41) is 0. The summed E-state index contributed by atoms with van der Waals surface area (Å²) in [4.78, 5) is 27.7. The molecule has 0 saturated carbocycles. The molecule has 0 aromatic carbocycles. The molecular formula is C7H12O4. The molecule has 0 radical (unpaired) electrons. The van der Waals surface area contributed by atoms with Crippen LogP contribution in [0.3, 0.4) is 0 Å². The van der Waals surface area contributed by atoms with E-state index in [9.17, 15) is 9.59 Å². The topological polar surface area (TPSA) is 52.6 Å². The summed E-state index contributed by atoms with van der Waals surface area (Å²) in [5.41, 5.74) is 0. The predicted molar refractivity (Wildman–Crippen MR) is 39.4 cm³/mol. The molecule has 0 aliphatic carbocycles. The highest BCUT2D eigenvalue weighted by Crippen LogP contribution is 1.81. The summed E-state index contributed by atoms with van der Waals surface area (Å²) in [7, 11) is 0. The molecule has 0 aliphatic heterocycles. The van der Waals surface area contributed by atoms with E-state index in [1.165, 1.54) is 0 Å². The minimum atomic E-state index is -0.787. The zero-order valence-electron chi connectivity index (χ0n) is 6.92. The van der Waals surface area contributed by atoms with Gasteiger partial charge in [-0.15, -0.1) is 0 Å².